The molecule has 2 aliphatic heterocycles. The van der Waals surface area contributed by atoms with E-state index in [1.54, 1.807) is 17.3 Å². The topological polar surface area (TPSA) is 95.1 Å². The molecule has 0 bridgehead atoms. The van der Waals surface area contributed by atoms with Crippen LogP contribution in [-0.4, -0.2) is 71.0 Å². The summed E-state index contributed by atoms with van der Waals surface area (Å²) in [6, 6.07) is 9.02. The summed E-state index contributed by atoms with van der Waals surface area (Å²) >= 11 is 0. The van der Waals surface area contributed by atoms with Crippen LogP contribution in [0.2, 0.25) is 0 Å². The summed E-state index contributed by atoms with van der Waals surface area (Å²) in [6.45, 7) is 8.36. The number of hydrogen-bond donors (Lipinski definition) is 1. The lowest BCUT2D eigenvalue weighted by Crippen LogP contribution is -2.53. The van der Waals surface area contributed by atoms with Crippen molar-refractivity contribution >= 4 is 29.3 Å². The van der Waals surface area contributed by atoms with Gasteiger partial charge in [0.2, 0.25) is 5.91 Å². The summed E-state index contributed by atoms with van der Waals surface area (Å²) in [4.78, 5) is 49.5. The van der Waals surface area contributed by atoms with Gasteiger partial charge in [0.05, 0.1) is 17.3 Å². The van der Waals surface area contributed by atoms with Gasteiger partial charge in [0.15, 0.2) is 0 Å². The van der Waals surface area contributed by atoms with E-state index >= 15 is 0 Å². The van der Waals surface area contributed by atoms with Crippen molar-refractivity contribution in [3.8, 4) is 0 Å². The van der Waals surface area contributed by atoms with Gasteiger partial charge in [0.25, 0.3) is 5.91 Å². The molecule has 5 rings (SSSR count). The number of anilines is 2. The monoisotopic (exact) mass is 519 g/mol. The molecule has 1 aromatic carbocycles. The Morgan fingerprint density at radius 3 is 2.45 bits per heavy atom. The average Bonchev–Trinajstić information content (AvgIpc) is 3.61. The molecule has 3 aliphatic rings. The fourth-order valence-electron chi connectivity index (χ4n) is 5.13. The fourth-order valence-corrected chi connectivity index (χ4v) is 5.13. The second-order valence-corrected chi connectivity index (χ2v) is 11.4. The van der Waals surface area contributed by atoms with Crippen molar-refractivity contribution in [1.82, 2.24) is 14.8 Å². The maximum absolute atomic E-state index is 14.2. The van der Waals surface area contributed by atoms with Crippen molar-refractivity contribution < 1.29 is 19.1 Å². The van der Waals surface area contributed by atoms with Gasteiger partial charge in [-0.25, -0.2) is 4.79 Å². The smallest absolute Gasteiger partial charge is 0.410 e. The molecule has 0 spiro atoms. The first kappa shape index (κ1) is 26.0. The average molecular weight is 520 g/mol. The van der Waals surface area contributed by atoms with E-state index in [4.69, 9.17) is 4.74 Å². The Hall–Kier alpha value is -3.62. The predicted octanol–water partition coefficient (Wildman–Crippen LogP) is 4.46. The quantitative estimate of drug-likeness (QED) is 0.627. The summed E-state index contributed by atoms with van der Waals surface area (Å²) in [5.41, 5.74) is 2.44. The second-order valence-electron chi connectivity index (χ2n) is 11.4. The maximum atomic E-state index is 14.2. The van der Waals surface area contributed by atoms with Crippen LogP contribution in [0.1, 0.15) is 68.4 Å². The SMILES string of the molecule is CC(C)(C)OC(=O)N1CCN(C(=O)c2ccc(NC(=O)C3CC3)cc2N2CCCC2)C(c2cccnc2)C1. The van der Waals surface area contributed by atoms with Gasteiger partial charge in [-0.3, -0.25) is 14.6 Å². The first-order chi connectivity index (χ1) is 18.2. The molecule has 9 nitrogen and oxygen atoms in total. The molecule has 1 atom stereocenters. The second kappa shape index (κ2) is 10.6. The van der Waals surface area contributed by atoms with E-state index in [1.807, 2.05) is 56.0 Å². The summed E-state index contributed by atoms with van der Waals surface area (Å²) < 4.78 is 5.62. The number of piperazine rings is 1. The number of carbonyl (C=O) groups is 3. The van der Waals surface area contributed by atoms with Crippen LogP contribution in [-0.2, 0) is 9.53 Å². The van der Waals surface area contributed by atoms with E-state index in [0.29, 0.717) is 25.2 Å². The van der Waals surface area contributed by atoms with Gasteiger partial charge in [0.1, 0.15) is 5.60 Å². The summed E-state index contributed by atoms with van der Waals surface area (Å²) in [5, 5.41) is 3.03. The van der Waals surface area contributed by atoms with E-state index in [-0.39, 0.29) is 29.9 Å². The Morgan fingerprint density at radius 1 is 1.03 bits per heavy atom. The van der Waals surface area contributed by atoms with Crippen molar-refractivity contribution in [3.05, 3.63) is 53.9 Å². The minimum absolute atomic E-state index is 0.0476. The number of carbonyl (C=O) groups excluding carboxylic acids is 3. The molecule has 1 N–H and O–H groups in total. The van der Waals surface area contributed by atoms with Crippen molar-refractivity contribution in [3.63, 3.8) is 0 Å². The van der Waals surface area contributed by atoms with Gasteiger partial charge >= 0.3 is 6.09 Å². The first-order valence-corrected chi connectivity index (χ1v) is 13.6. The largest absolute Gasteiger partial charge is 0.444 e. The van der Waals surface area contributed by atoms with Crippen LogP contribution in [0, 0.1) is 5.92 Å². The Morgan fingerprint density at radius 2 is 1.79 bits per heavy atom. The molecule has 3 heterocycles. The van der Waals surface area contributed by atoms with Crippen LogP contribution in [0.5, 0.6) is 0 Å². The lowest BCUT2D eigenvalue weighted by molar-refractivity contribution is -0.117. The minimum atomic E-state index is -0.602. The number of aromatic nitrogens is 1. The number of pyridine rings is 1. The normalized spacial score (nSPS) is 19.9. The van der Waals surface area contributed by atoms with E-state index in [1.165, 1.54) is 0 Å². The standard InChI is InChI=1S/C29H37N5O4/c1-29(2,3)38-28(37)33-15-16-34(25(19-33)21-7-6-12-30-18-21)27(36)23-11-10-22(31-26(35)20-8-9-20)17-24(23)32-13-4-5-14-32/h6-7,10-12,17-18,20,25H,4-5,8-9,13-16,19H2,1-3H3,(H,31,35). The third-order valence-corrected chi connectivity index (χ3v) is 7.25. The lowest BCUT2D eigenvalue weighted by atomic mass is 10.0. The third kappa shape index (κ3) is 5.92. The van der Waals surface area contributed by atoms with Gasteiger partial charge in [0, 0.05) is 56.7 Å². The van der Waals surface area contributed by atoms with Gasteiger partial charge in [-0.2, -0.15) is 0 Å². The molecule has 3 amide bonds. The summed E-state index contributed by atoms with van der Waals surface area (Å²) in [7, 11) is 0. The Labute approximate surface area is 224 Å². The number of rotatable bonds is 5. The number of ether oxygens (including phenoxy) is 1. The van der Waals surface area contributed by atoms with E-state index < -0.39 is 5.60 Å². The van der Waals surface area contributed by atoms with Crippen molar-refractivity contribution in [2.75, 3.05) is 42.9 Å². The van der Waals surface area contributed by atoms with Gasteiger partial charge < -0.3 is 24.8 Å². The van der Waals surface area contributed by atoms with E-state index in [9.17, 15) is 14.4 Å². The van der Waals surface area contributed by atoms with Gasteiger partial charge in [-0.05, 0) is 76.3 Å². The molecule has 9 heteroatoms. The zero-order valence-corrected chi connectivity index (χ0v) is 22.5. The number of nitrogens with one attached hydrogen (secondary N) is 1. The fraction of sp³-hybridized carbons (Fsp3) is 0.517. The highest BCUT2D eigenvalue weighted by Crippen LogP contribution is 2.35. The molecule has 202 valence electrons. The van der Waals surface area contributed by atoms with Crippen molar-refractivity contribution in [1.29, 1.82) is 0 Å². The summed E-state index contributed by atoms with van der Waals surface area (Å²) in [5.74, 6) is 0.0593. The molecule has 1 unspecified atom stereocenters. The molecular weight excluding hydrogens is 482 g/mol. The van der Waals surface area contributed by atoms with Crippen LogP contribution < -0.4 is 10.2 Å². The molecule has 1 aliphatic carbocycles. The van der Waals surface area contributed by atoms with Crippen LogP contribution >= 0.6 is 0 Å². The Kier molecular flexibility index (Phi) is 7.27. The number of benzene rings is 1. The van der Waals surface area contributed by atoms with Gasteiger partial charge in [-0.1, -0.05) is 6.07 Å². The van der Waals surface area contributed by atoms with E-state index in [2.05, 4.69) is 15.2 Å². The third-order valence-electron chi connectivity index (χ3n) is 7.25. The van der Waals surface area contributed by atoms with Crippen molar-refractivity contribution in [2.24, 2.45) is 5.92 Å². The molecule has 2 aromatic rings. The lowest BCUT2D eigenvalue weighted by Gasteiger charge is -2.42. The zero-order valence-electron chi connectivity index (χ0n) is 22.5. The Balaban J connectivity index is 1.43. The molecule has 38 heavy (non-hydrogen) atoms. The maximum Gasteiger partial charge on any atom is 0.410 e. The van der Waals surface area contributed by atoms with Crippen LogP contribution in [0.25, 0.3) is 0 Å². The van der Waals surface area contributed by atoms with Gasteiger partial charge in [-0.15, -0.1) is 0 Å². The summed E-state index contributed by atoms with van der Waals surface area (Å²) in [6.07, 6.45) is 7.08. The minimum Gasteiger partial charge on any atom is -0.444 e. The number of hydrogen-bond acceptors (Lipinski definition) is 6. The highest BCUT2D eigenvalue weighted by molar-refractivity contribution is 6.02. The van der Waals surface area contributed by atoms with Crippen LogP contribution in [0.15, 0.2) is 42.7 Å². The van der Waals surface area contributed by atoms with Crippen LogP contribution in [0.4, 0.5) is 16.2 Å². The molecule has 2 saturated heterocycles. The molecule has 1 aromatic heterocycles. The Bertz CT molecular complexity index is 1190. The van der Waals surface area contributed by atoms with Crippen LogP contribution in [0.3, 0.4) is 0 Å². The predicted molar refractivity (Wildman–Crippen MR) is 145 cm³/mol. The van der Waals surface area contributed by atoms with E-state index in [0.717, 1.165) is 55.7 Å². The molecule has 0 radical (unpaired) electrons. The number of amides is 3. The number of nitrogens with zero attached hydrogens (tertiary/aromatic N) is 4. The molecule has 1 saturated carbocycles. The molecular formula is C29H37N5O4. The first-order valence-electron chi connectivity index (χ1n) is 13.6. The highest BCUT2D eigenvalue weighted by atomic mass is 16.6. The zero-order chi connectivity index (χ0) is 26.9. The van der Waals surface area contributed by atoms with Crippen molar-refractivity contribution in [2.45, 2.75) is 58.1 Å². The molecule has 3 fully saturated rings. The highest BCUT2D eigenvalue weighted by Gasteiger charge is 2.37.